The number of carbonyl (C=O) groups excluding carboxylic acids is 2. The van der Waals surface area contributed by atoms with Gasteiger partial charge in [0.2, 0.25) is 11.8 Å². The molecule has 0 unspecified atom stereocenters. The van der Waals surface area contributed by atoms with Gasteiger partial charge in [0.25, 0.3) is 10.0 Å². The van der Waals surface area contributed by atoms with Gasteiger partial charge in [-0.3, -0.25) is 13.9 Å². The summed E-state index contributed by atoms with van der Waals surface area (Å²) in [6, 6.07) is 26.5. The predicted molar refractivity (Wildman–Crippen MR) is 190 cm³/mol. The highest BCUT2D eigenvalue weighted by molar-refractivity contribution is 7.92. The molecule has 2 amide bonds. The molecular formula is C37H39Cl2N3O5S. The molecule has 0 radical (unpaired) electrons. The molecule has 1 aliphatic rings. The second-order valence-corrected chi connectivity index (χ2v) is 14.7. The highest BCUT2D eigenvalue weighted by Crippen LogP contribution is 2.34. The fourth-order valence-electron chi connectivity index (χ4n) is 5.98. The van der Waals surface area contributed by atoms with Crippen molar-refractivity contribution in [2.75, 3.05) is 18.0 Å². The Morgan fingerprint density at radius 1 is 0.917 bits per heavy atom. The summed E-state index contributed by atoms with van der Waals surface area (Å²) >= 11 is 12.8. The number of aryl methyl sites for hydroxylation is 1. The molecule has 1 atom stereocenters. The van der Waals surface area contributed by atoms with Crippen LogP contribution >= 0.6 is 23.2 Å². The zero-order chi connectivity index (χ0) is 34.3. The van der Waals surface area contributed by atoms with Crippen LogP contribution in [-0.2, 0) is 32.6 Å². The standard InChI is InChI=1S/C37H39Cl2N3O5S/c1-26-17-20-35(47-2)33(21-26)42(48(45,46)31-15-7-4-8-16-31)25-36(43)41(24-28-18-19-29(38)23-32(28)39)34(22-27-11-5-3-6-12-27)37(44)40-30-13-9-10-14-30/h3-8,11-12,15-21,23,30,34H,9-10,13-14,22,24-25H2,1-2H3,(H,40,44)/t34-/m1/s1. The molecule has 0 aromatic heterocycles. The number of hydrogen-bond acceptors (Lipinski definition) is 5. The van der Waals surface area contributed by atoms with Gasteiger partial charge in [-0.1, -0.05) is 96.7 Å². The van der Waals surface area contributed by atoms with Crippen molar-refractivity contribution in [1.29, 1.82) is 0 Å². The van der Waals surface area contributed by atoms with Gasteiger partial charge in [0.05, 0.1) is 17.7 Å². The summed E-state index contributed by atoms with van der Waals surface area (Å²) in [5, 5.41) is 3.92. The zero-order valence-electron chi connectivity index (χ0n) is 26.9. The average molecular weight is 709 g/mol. The first-order chi connectivity index (χ1) is 23.1. The topological polar surface area (TPSA) is 96.0 Å². The van der Waals surface area contributed by atoms with Crippen LogP contribution in [0.4, 0.5) is 5.69 Å². The molecule has 0 spiro atoms. The van der Waals surface area contributed by atoms with E-state index >= 15 is 0 Å². The van der Waals surface area contributed by atoms with E-state index in [1.165, 1.54) is 24.1 Å². The number of amides is 2. The normalized spacial score (nSPS) is 13.9. The van der Waals surface area contributed by atoms with Crippen molar-refractivity contribution in [2.24, 2.45) is 0 Å². The maximum Gasteiger partial charge on any atom is 0.264 e. The van der Waals surface area contributed by atoms with Gasteiger partial charge >= 0.3 is 0 Å². The Bertz CT molecular complexity index is 1830. The lowest BCUT2D eigenvalue weighted by Crippen LogP contribution is -2.54. The van der Waals surface area contributed by atoms with Gasteiger partial charge < -0.3 is 15.0 Å². The molecule has 11 heteroatoms. The first-order valence-corrected chi connectivity index (χ1v) is 18.1. The summed E-state index contributed by atoms with van der Waals surface area (Å²) in [5.41, 5.74) is 2.38. The molecule has 5 rings (SSSR count). The summed E-state index contributed by atoms with van der Waals surface area (Å²) in [7, 11) is -2.83. The molecule has 0 saturated heterocycles. The minimum absolute atomic E-state index is 0.00152. The van der Waals surface area contributed by atoms with Gasteiger partial charge in [-0.2, -0.15) is 0 Å². The molecule has 4 aromatic carbocycles. The highest BCUT2D eigenvalue weighted by atomic mass is 35.5. The quantitative estimate of drug-likeness (QED) is 0.159. The number of benzene rings is 4. The minimum Gasteiger partial charge on any atom is -0.495 e. The Kier molecular flexibility index (Phi) is 11.7. The minimum atomic E-state index is -4.28. The number of ether oxygens (including phenoxy) is 1. The Balaban J connectivity index is 1.61. The molecule has 8 nitrogen and oxygen atoms in total. The van der Waals surface area contributed by atoms with Crippen LogP contribution < -0.4 is 14.4 Å². The molecule has 0 heterocycles. The van der Waals surface area contributed by atoms with Crippen LogP contribution in [0.25, 0.3) is 0 Å². The molecule has 4 aromatic rings. The second kappa shape index (κ2) is 15.9. The fraction of sp³-hybridized carbons (Fsp3) is 0.297. The van der Waals surface area contributed by atoms with Gasteiger partial charge in [0.1, 0.15) is 18.3 Å². The first kappa shape index (κ1) is 35.3. The number of sulfonamides is 1. The number of anilines is 1. The molecule has 1 aliphatic carbocycles. The summed E-state index contributed by atoms with van der Waals surface area (Å²) in [4.78, 5) is 30.4. The number of rotatable bonds is 13. The number of nitrogens with one attached hydrogen (secondary N) is 1. The van der Waals surface area contributed by atoms with Crippen molar-refractivity contribution in [1.82, 2.24) is 10.2 Å². The molecule has 0 aliphatic heterocycles. The Hall–Kier alpha value is -4.05. The SMILES string of the molecule is COc1ccc(C)cc1N(CC(=O)N(Cc1ccc(Cl)cc1Cl)[C@H](Cc1ccccc1)C(=O)NC1CCCC1)S(=O)(=O)c1ccccc1. The Morgan fingerprint density at radius 3 is 2.23 bits per heavy atom. The average Bonchev–Trinajstić information content (AvgIpc) is 3.59. The molecular weight excluding hydrogens is 669 g/mol. The van der Waals surface area contributed by atoms with E-state index < -0.39 is 28.5 Å². The maximum atomic E-state index is 14.8. The van der Waals surface area contributed by atoms with Crippen LogP contribution in [0.5, 0.6) is 5.75 Å². The smallest absolute Gasteiger partial charge is 0.264 e. The molecule has 0 bridgehead atoms. The number of nitrogens with zero attached hydrogens (tertiary/aromatic N) is 2. The molecule has 252 valence electrons. The molecule has 1 saturated carbocycles. The van der Waals surface area contributed by atoms with E-state index in [-0.39, 0.29) is 41.2 Å². The van der Waals surface area contributed by atoms with Gasteiger partial charge in [-0.05, 0) is 72.9 Å². The van der Waals surface area contributed by atoms with E-state index in [2.05, 4.69) is 5.32 Å². The highest BCUT2D eigenvalue weighted by Gasteiger charge is 2.36. The number of hydrogen-bond donors (Lipinski definition) is 1. The fourth-order valence-corrected chi connectivity index (χ4v) is 7.89. The lowest BCUT2D eigenvalue weighted by atomic mass is 10.0. The third-order valence-electron chi connectivity index (χ3n) is 8.54. The molecule has 1 N–H and O–H groups in total. The van der Waals surface area contributed by atoms with Gasteiger partial charge in [-0.25, -0.2) is 8.42 Å². The Morgan fingerprint density at radius 2 is 1.58 bits per heavy atom. The second-order valence-electron chi connectivity index (χ2n) is 12.0. The van der Waals surface area contributed by atoms with Crippen molar-refractivity contribution in [2.45, 2.75) is 62.6 Å². The van der Waals surface area contributed by atoms with Crippen LogP contribution in [-0.4, -0.2) is 50.9 Å². The lowest BCUT2D eigenvalue weighted by molar-refractivity contribution is -0.140. The monoisotopic (exact) mass is 707 g/mol. The van der Waals surface area contributed by atoms with Crippen LogP contribution in [0, 0.1) is 6.92 Å². The number of halogens is 2. The third kappa shape index (κ3) is 8.50. The summed E-state index contributed by atoms with van der Waals surface area (Å²) in [5.74, 6) is -0.624. The van der Waals surface area contributed by atoms with E-state index in [1.807, 2.05) is 37.3 Å². The maximum absolute atomic E-state index is 14.8. The van der Waals surface area contributed by atoms with E-state index in [9.17, 15) is 18.0 Å². The zero-order valence-corrected chi connectivity index (χ0v) is 29.3. The van der Waals surface area contributed by atoms with Crippen molar-refractivity contribution in [3.05, 3.63) is 124 Å². The Labute approximate surface area is 292 Å². The largest absolute Gasteiger partial charge is 0.495 e. The van der Waals surface area contributed by atoms with Gasteiger partial charge in [0, 0.05) is 29.1 Å². The summed E-state index contributed by atoms with van der Waals surface area (Å²) < 4.78 is 35.3. The molecule has 48 heavy (non-hydrogen) atoms. The summed E-state index contributed by atoms with van der Waals surface area (Å²) in [6.07, 6.45) is 3.95. The van der Waals surface area contributed by atoms with Gasteiger partial charge in [0.15, 0.2) is 0 Å². The number of methoxy groups -OCH3 is 1. The van der Waals surface area contributed by atoms with Crippen LogP contribution in [0.3, 0.4) is 0 Å². The predicted octanol–water partition coefficient (Wildman–Crippen LogP) is 7.20. The van der Waals surface area contributed by atoms with Crippen LogP contribution in [0.1, 0.15) is 42.4 Å². The van der Waals surface area contributed by atoms with E-state index in [1.54, 1.807) is 54.6 Å². The van der Waals surface area contributed by atoms with Crippen molar-refractivity contribution >= 4 is 50.7 Å². The van der Waals surface area contributed by atoms with Crippen molar-refractivity contribution in [3.8, 4) is 5.75 Å². The first-order valence-electron chi connectivity index (χ1n) is 15.9. The van der Waals surface area contributed by atoms with E-state index in [4.69, 9.17) is 27.9 Å². The summed E-state index contributed by atoms with van der Waals surface area (Å²) in [6.45, 7) is 1.16. The van der Waals surface area contributed by atoms with Crippen molar-refractivity contribution < 1.29 is 22.7 Å². The van der Waals surface area contributed by atoms with Crippen molar-refractivity contribution in [3.63, 3.8) is 0 Å². The third-order valence-corrected chi connectivity index (χ3v) is 10.9. The van der Waals surface area contributed by atoms with Gasteiger partial charge in [-0.15, -0.1) is 0 Å². The molecule has 1 fully saturated rings. The van der Waals surface area contributed by atoms with Crippen LogP contribution in [0.2, 0.25) is 10.0 Å². The number of carbonyl (C=O) groups is 2. The lowest BCUT2D eigenvalue weighted by Gasteiger charge is -2.35. The van der Waals surface area contributed by atoms with E-state index in [0.29, 0.717) is 15.6 Å². The van der Waals surface area contributed by atoms with Crippen LogP contribution in [0.15, 0.2) is 102 Å². The van der Waals surface area contributed by atoms with E-state index in [0.717, 1.165) is 41.1 Å².